The van der Waals surface area contributed by atoms with E-state index in [0.717, 1.165) is 17.0 Å². The first-order valence-electron chi connectivity index (χ1n) is 10.7. The molecule has 0 radical (unpaired) electrons. The van der Waals surface area contributed by atoms with Gasteiger partial charge < -0.3 is 20.1 Å². The summed E-state index contributed by atoms with van der Waals surface area (Å²) in [4.78, 5) is 42.7. The molecule has 12 nitrogen and oxygen atoms in total. The molecule has 0 bridgehead atoms. The number of pyridine rings is 1. The minimum absolute atomic E-state index is 0.00930. The van der Waals surface area contributed by atoms with Gasteiger partial charge in [-0.05, 0) is 38.2 Å². The highest BCUT2D eigenvalue weighted by atomic mass is 35.5. The minimum atomic E-state index is -1.24. The van der Waals surface area contributed by atoms with E-state index in [9.17, 15) is 23.2 Å². The molecule has 2 N–H and O–H groups in total. The van der Waals surface area contributed by atoms with E-state index in [2.05, 4.69) is 25.8 Å². The fraction of sp³-hybridized carbons (Fsp3) is 0.273. The molecule has 37 heavy (non-hydrogen) atoms. The van der Waals surface area contributed by atoms with Crippen molar-refractivity contribution in [2.24, 2.45) is 0 Å². The summed E-state index contributed by atoms with van der Waals surface area (Å²) in [5, 5.41) is 12.1. The number of carbonyl (C=O) groups is 3. The molecule has 1 aromatic carbocycles. The van der Waals surface area contributed by atoms with Crippen LogP contribution in [-0.4, -0.2) is 58.6 Å². The molecule has 3 rings (SSSR count). The Kier molecular flexibility index (Phi) is 9.03. The van der Waals surface area contributed by atoms with Gasteiger partial charge in [-0.1, -0.05) is 17.7 Å². The number of halogens is 3. The number of nitrogens with zero attached hydrogens (tertiary/aromatic N) is 5. The smallest absolute Gasteiger partial charge is 0.417 e. The van der Waals surface area contributed by atoms with Crippen LogP contribution in [0.3, 0.4) is 0 Å². The van der Waals surface area contributed by atoms with Gasteiger partial charge in [0.1, 0.15) is 18.2 Å². The van der Waals surface area contributed by atoms with Crippen LogP contribution in [0.4, 0.5) is 25.1 Å². The number of ether oxygens (including phenoxy) is 2. The van der Waals surface area contributed by atoms with Crippen LogP contribution in [0.15, 0.2) is 36.5 Å². The van der Waals surface area contributed by atoms with Crippen molar-refractivity contribution in [3.05, 3.63) is 64.6 Å². The summed E-state index contributed by atoms with van der Waals surface area (Å²) in [5.41, 5.74) is -0.237. The third-order valence-corrected chi connectivity index (χ3v) is 5.06. The maximum absolute atomic E-state index is 14.4. The first kappa shape index (κ1) is 27.4. The maximum Gasteiger partial charge on any atom is 0.417 e. The van der Waals surface area contributed by atoms with Gasteiger partial charge in [0.15, 0.2) is 0 Å². The predicted octanol–water partition coefficient (Wildman–Crippen LogP) is 2.91. The molecule has 15 heteroatoms. The van der Waals surface area contributed by atoms with Crippen molar-refractivity contribution in [2.45, 2.75) is 19.8 Å². The largest absolute Gasteiger partial charge is 0.460 e. The molecule has 196 valence electrons. The van der Waals surface area contributed by atoms with Crippen LogP contribution in [0.5, 0.6) is 0 Å². The van der Waals surface area contributed by atoms with Crippen LogP contribution in [0, 0.1) is 11.8 Å². The number of carbonyl (C=O) groups excluding carboxylic acids is 3. The number of esters is 1. The van der Waals surface area contributed by atoms with Gasteiger partial charge >= 0.3 is 12.1 Å². The van der Waals surface area contributed by atoms with Crippen LogP contribution in [0.25, 0.3) is 0 Å². The highest BCUT2D eigenvalue weighted by molar-refractivity contribution is 6.33. The summed E-state index contributed by atoms with van der Waals surface area (Å²) in [6.45, 7) is 1.22. The Hall–Kier alpha value is -4.17. The Balaban J connectivity index is 1.68. The van der Waals surface area contributed by atoms with Crippen LogP contribution in [-0.2, 0) is 20.9 Å². The number of aromatic nitrogens is 4. The first-order valence-corrected chi connectivity index (χ1v) is 11.1. The molecule has 2 aromatic heterocycles. The Bertz CT molecular complexity index is 1310. The zero-order valence-corrected chi connectivity index (χ0v) is 20.6. The number of hydrogen-bond acceptors (Lipinski definition) is 9. The molecule has 2 amide bonds. The zero-order valence-electron chi connectivity index (χ0n) is 19.9. The summed E-state index contributed by atoms with van der Waals surface area (Å²) < 4.78 is 38.0. The Morgan fingerprint density at radius 1 is 1.22 bits per heavy atom. The van der Waals surface area contributed by atoms with Gasteiger partial charge in [0, 0.05) is 18.8 Å². The standard InChI is InChI=1S/C22H22ClF2N7O5/c1-12(32-29-18(19(25)30-32)21(34)28-16-7-6-14(24)9-15(16)23)37-22(35)31(3)20-13(5-4-8-27-20)11-36-17(33)10-26-2/h4-9,12,26H,10-11H2,1-3H3,(H,28,34). The van der Waals surface area contributed by atoms with Crippen molar-refractivity contribution < 1.29 is 32.6 Å². The molecule has 2 heterocycles. The van der Waals surface area contributed by atoms with E-state index >= 15 is 0 Å². The Morgan fingerprint density at radius 3 is 2.68 bits per heavy atom. The van der Waals surface area contributed by atoms with Gasteiger partial charge in [-0.3, -0.25) is 14.5 Å². The minimum Gasteiger partial charge on any atom is -0.460 e. The summed E-state index contributed by atoms with van der Waals surface area (Å²) in [7, 11) is 2.97. The number of amides is 2. The SMILES string of the molecule is CNCC(=O)OCc1cccnc1N(C)C(=O)OC(C)n1nc(F)c(C(=O)Nc2ccc(F)cc2Cl)n1. The van der Waals surface area contributed by atoms with Crippen LogP contribution >= 0.6 is 11.6 Å². The van der Waals surface area contributed by atoms with E-state index in [4.69, 9.17) is 21.1 Å². The third kappa shape index (κ3) is 6.95. The summed E-state index contributed by atoms with van der Waals surface area (Å²) >= 11 is 5.87. The van der Waals surface area contributed by atoms with E-state index < -0.39 is 41.7 Å². The average molecular weight is 538 g/mol. The van der Waals surface area contributed by atoms with Crippen molar-refractivity contribution >= 4 is 41.1 Å². The lowest BCUT2D eigenvalue weighted by Crippen LogP contribution is -2.31. The summed E-state index contributed by atoms with van der Waals surface area (Å²) in [6, 6.07) is 6.46. The van der Waals surface area contributed by atoms with Crippen LogP contribution in [0.2, 0.25) is 5.02 Å². The number of hydrogen-bond donors (Lipinski definition) is 2. The van der Waals surface area contributed by atoms with Gasteiger partial charge in [-0.15, -0.1) is 15.0 Å². The molecule has 0 aliphatic carbocycles. The topological polar surface area (TPSA) is 141 Å². The molecule has 0 fully saturated rings. The van der Waals surface area contributed by atoms with Crippen molar-refractivity contribution in [2.75, 3.05) is 30.9 Å². The monoisotopic (exact) mass is 537 g/mol. The van der Waals surface area contributed by atoms with Crippen LogP contribution in [0.1, 0.15) is 29.2 Å². The van der Waals surface area contributed by atoms with Gasteiger partial charge in [-0.2, -0.15) is 4.39 Å². The molecular weight excluding hydrogens is 516 g/mol. The summed E-state index contributed by atoms with van der Waals surface area (Å²) in [5.74, 6) is -3.19. The van der Waals surface area contributed by atoms with Crippen LogP contribution < -0.4 is 15.5 Å². The second-order valence-electron chi connectivity index (χ2n) is 7.46. The highest BCUT2D eigenvalue weighted by Crippen LogP contribution is 2.23. The number of rotatable bonds is 9. The highest BCUT2D eigenvalue weighted by Gasteiger charge is 2.25. The zero-order chi connectivity index (χ0) is 27.1. The number of anilines is 2. The molecule has 0 saturated heterocycles. The lowest BCUT2D eigenvalue weighted by molar-refractivity contribution is -0.143. The van der Waals surface area contributed by atoms with Crippen molar-refractivity contribution in [3.8, 4) is 0 Å². The van der Waals surface area contributed by atoms with Gasteiger partial charge in [-0.25, -0.2) is 14.2 Å². The van der Waals surface area contributed by atoms with Gasteiger partial charge in [0.25, 0.3) is 11.9 Å². The predicted molar refractivity (Wildman–Crippen MR) is 127 cm³/mol. The number of benzene rings is 1. The van der Waals surface area contributed by atoms with Gasteiger partial charge in [0.05, 0.1) is 17.3 Å². The van der Waals surface area contributed by atoms with E-state index in [1.54, 1.807) is 19.2 Å². The number of nitrogens with one attached hydrogen (secondary N) is 2. The molecule has 1 unspecified atom stereocenters. The van der Waals surface area contributed by atoms with E-state index in [0.29, 0.717) is 10.4 Å². The van der Waals surface area contributed by atoms with Crippen molar-refractivity contribution in [3.63, 3.8) is 0 Å². The fourth-order valence-electron chi connectivity index (χ4n) is 2.93. The normalized spacial score (nSPS) is 11.5. The fourth-order valence-corrected chi connectivity index (χ4v) is 3.15. The second-order valence-corrected chi connectivity index (χ2v) is 7.86. The lowest BCUT2D eigenvalue weighted by Gasteiger charge is -2.21. The molecule has 0 aliphatic heterocycles. The Morgan fingerprint density at radius 2 is 1.97 bits per heavy atom. The van der Waals surface area contributed by atoms with Crippen molar-refractivity contribution in [1.82, 2.24) is 25.3 Å². The second kappa shape index (κ2) is 12.2. The quantitative estimate of drug-likeness (QED) is 0.394. The van der Waals surface area contributed by atoms with Gasteiger partial charge in [0.2, 0.25) is 11.9 Å². The molecule has 1 atom stereocenters. The Labute approximate surface area is 214 Å². The number of likely N-dealkylation sites (N-methyl/N-ethyl adjacent to an activating group) is 1. The average Bonchev–Trinajstić information content (AvgIpc) is 3.26. The summed E-state index contributed by atoms with van der Waals surface area (Å²) in [6.07, 6.45) is -0.707. The maximum atomic E-state index is 14.4. The van der Waals surface area contributed by atoms with E-state index in [-0.39, 0.29) is 29.7 Å². The lowest BCUT2D eigenvalue weighted by atomic mass is 10.2. The van der Waals surface area contributed by atoms with E-state index in [1.807, 2.05) is 0 Å². The molecular formula is C22H22ClF2N7O5. The first-order chi connectivity index (χ1) is 17.6. The molecule has 3 aromatic rings. The third-order valence-electron chi connectivity index (χ3n) is 4.75. The molecule has 0 spiro atoms. The van der Waals surface area contributed by atoms with E-state index in [1.165, 1.54) is 26.2 Å². The van der Waals surface area contributed by atoms with Crippen molar-refractivity contribution in [1.29, 1.82) is 0 Å². The molecule has 0 aliphatic rings. The molecule has 0 saturated carbocycles.